The molecule has 0 amide bonds. The number of hydrogen-bond acceptors (Lipinski definition) is 0. The Morgan fingerprint density at radius 1 is 0.767 bits per heavy atom. The van der Waals surface area contributed by atoms with E-state index in [0.29, 0.717) is 0 Å². The highest BCUT2D eigenvalue weighted by molar-refractivity contribution is 7.14. The number of rotatable bonds is 4. The smallest absolute Gasteiger partial charge is 0.108 e. The summed E-state index contributed by atoms with van der Waals surface area (Å²) in [6.45, 7) is 8.82. The van der Waals surface area contributed by atoms with E-state index >= 15 is 0 Å². The average molecular weight is 407 g/mol. The predicted molar refractivity (Wildman–Crippen MR) is 133 cm³/mol. The predicted octanol–water partition coefficient (Wildman–Crippen LogP) is 5.50. The van der Waals surface area contributed by atoms with Gasteiger partial charge >= 0.3 is 0 Å². The Kier molecular flexibility index (Phi) is 7.34. The molecule has 1 heteroatoms. The number of benzene rings is 3. The second kappa shape index (κ2) is 10.2. The lowest BCUT2D eigenvalue weighted by molar-refractivity contribution is 0.828. The lowest BCUT2D eigenvalue weighted by Gasteiger charge is -2.26. The topological polar surface area (TPSA) is 0 Å². The van der Waals surface area contributed by atoms with Gasteiger partial charge in [0.1, 0.15) is 0 Å². The van der Waals surface area contributed by atoms with Crippen LogP contribution < -0.4 is 10.4 Å². The highest BCUT2D eigenvalue weighted by Gasteiger charge is 2.37. The summed E-state index contributed by atoms with van der Waals surface area (Å²) in [6.07, 6.45) is 3.21. The van der Waals surface area contributed by atoms with Gasteiger partial charge in [0.05, 0.1) is 0 Å². The van der Waals surface area contributed by atoms with Crippen LogP contribution in [0.2, 0.25) is 0 Å². The van der Waals surface area contributed by atoms with Crippen LogP contribution >= 0.6 is 0 Å². The summed E-state index contributed by atoms with van der Waals surface area (Å²) in [5.41, 5.74) is 12.5. The Labute approximate surface area is 183 Å². The molecular formula is C29H30Si. The minimum Gasteiger partial charge on any atom is -0.108 e. The van der Waals surface area contributed by atoms with Crippen LogP contribution in [0.4, 0.5) is 0 Å². The average Bonchev–Trinajstić information content (AvgIpc) is 2.75. The third kappa shape index (κ3) is 4.94. The number of hydrogen-bond donors (Lipinski definition) is 0. The Hall–Kier alpha value is -3.00. The fraction of sp³-hybridized carbons (Fsp3) is 0.241. The molecule has 0 nitrogen and oxygen atoms in total. The van der Waals surface area contributed by atoms with E-state index in [4.69, 9.17) is 0 Å². The van der Waals surface area contributed by atoms with E-state index in [9.17, 15) is 0 Å². The Morgan fingerprint density at radius 2 is 1.37 bits per heavy atom. The van der Waals surface area contributed by atoms with Crippen LogP contribution in [0.25, 0.3) is 0 Å². The number of unbranched alkanes of at least 4 members (excludes halogenated alkanes) is 2. The summed E-state index contributed by atoms with van der Waals surface area (Å²) in [6, 6.07) is 25.6. The van der Waals surface area contributed by atoms with Gasteiger partial charge < -0.3 is 0 Å². The van der Waals surface area contributed by atoms with Gasteiger partial charge in [0.15, 0.2) is 0 Å². The highest BCUT2D eigenvalue weighted by atomic mass is 28.3. The summed E-state index contributed by atoms with van der Waals surface area (Å²) >= 11 is 0. The van der Waals surface area contributed by atoms with Crippen molar-refractivity contribution in [1.82, 2.24) is 0 Å². The van der Waals surface area contributed by atoms with Crippen molar-refractivity contribution in [3.05, 3.63) is 95.1 Å². The van der Waals surface area contributed by atoms with Crippen molar-refractivity contribution in [2.24, 2.45) is 0 Å². The van der Waals surface area contributed by atoms with Crippen molar-refractivity contribution >= 4 is 18.4 Å². The molecule has 0 radical (unpaired) electrons. The normalized spacial score (nSPS) is 12.1. The first-order valence-corrected chi connectivity index (χ1v) is 12.8. The first-order chi connectivity index (χ1) is 14.6. The van der Waals surface area contributed by atoms with Crippen LogP contribution in [0.15, 0.2) is 72.8 Å². The fourth-order valence-electron chi connectivity index (χ4n) is 4.05. The van der Waals surface area contributed by atoms with E-state index in [2.05, 4.69) is 105 Å². The molecule has 0 N–H and O–H groups in total. The lowest BCUT2D eigenvalue weighted by atomic mass is 10.1. The Morgan fingerprint density at radius 3 is 1.97 bits per heavy atom. The van der Waals surface area contributed by atoms with Gasteiger partial charge in [0, 0.05) is 12.0 Å². The van der Waals surface area contributed by atoms with Gasteiger partial charge in [-0.3, -0.25) is 0 Å². The quantitative estimate of drug-likeness (QED) is 0.305. The standard InChI is InChI=1S/C29H30Si/c1-5-6-7-14-20-30(28-17-12-9-13-18-28,21-19-27-15-10-8-11-16-27)29-25(3)22-24(2)23-26(29)4/h8-13,15-18,22-23H,5-7H2,1-4H3. The minimum absolute atomic E-state index is 0.926. The van der Waals surface area contributed by atoms with Crippen LogP contribution in [0.3, 0.4) is 0 Å². The third-order valence-electron chi connectivity index (χ3n) is 5.36. The zero-order chi connectivity index (χ0) is 21.4. The molecule has 0 saturated carbocycles. The molecule has 0 bridgehead atoms. The molecule has 30 heavy (non-hydrogen) atoms. The second-order valence-electron chi connectivity index (χ2n) is 7.91. The van der Waals surface area contributed by atoms with Gasteiger partial charge in [-0.2, -0.15) is 0 Å². The molecule has 0 heterocycles. The minimum atomic E-state index is -2.61. The summed E-state index contributed by atoms with van der Waals surface area (Å²) in [5.74, 6) is 7.04. The largest absolute Gasteiger partial charge is 0.276 e. The first kappa shape index (κ1) is 21.7. The van der Waals surface area contributed by atoms with Gasteiger partial charge in [-0.05, 0) is 60.8 Å². The lowest BCUT2D eigenvalue weighted by Crippen LogP contribution is -2.59. The maximum absolute atomic E-state index is 3.79. The van der Waals surface area contributed by atoms with E-state index in [1.54, 1.807) is 0 Å². The van der Waals surface area contributed by atoms with Gasteiger partial charge in [0.2, 0.25) is 0 Å². The molecule has 1 atom stereocenters. The zero-order valence-electron chi connectivity index (χ0n) is 18.5. The van der Waals surface area contributed by atoms with Gasteiger partial charge in [0.25, 0.3) is 8.07 Å². The molecule has 0 aliphatic carbocycles. The van der Waals surface area contributed by atoms with Gasteiger partial charge in [-0.25, -0.2) is 0 Å². The van der Waals surface area contributed by atoms with E-state index in [-0.39, 0.29) is 0 Å². The summed E-state index contributed by atoms with van der Waals surface area (Å²) in [7, 11) is -2.61. The molecule has 3 rings (SSSR count). The van der Waals surface area contributed by atoms with E-state index in [1.807, 2.05) is 18.2 Å². The van der Waals surface area contributed by atoms with Gasteiger partial charge in [-0.15, -0.1) is 11.5 Å². The summed E-state index contributed by atoms with van der Waals surface area (Å²) in [4.78, 5) is 0. The Balaban J connectivity index is 2.32. The van der Waals surface area contributed by atoms with Crippen molar-refractivity contribution in [2.45, 2.75) is 47.0 Å². The summed E-state index contributed by atoms with van der Waals surface area (Å²) < 4.78 is 0. The van der Waals surface area contributed by atoms with E-state index < -0.39 is 8.07 Å². The molecule has 150 valence electrons. The van der Waals surface area contributed by atoms with Crippen molar-refractivity contribution < 1.29 is 0 Å². The van der Waals surface area contributed by atoms with Crippen molar-refractivity contribution in [3.8, 4) is 22.9 Å². The van der Waals surface area contributed by atoms with Crippen LogP contribution in [0.5, 0.6) is 0 Å². The molecule has 3 aromatic carbocycles. The molecule has 3 aromatic rings. The maximum Gasteiger partial charge on any atom is 0.276 e. The Bertz CT molecular complexity index is 1080. The molecule has 0 saturated heterocycles. The summed E-state index contributed by atoms with van der Waals surface area (Å²) in [5, 5.41) is 2.62. The molecule has 0 aliphatic rings. The maximum atomic E-state index is 3.79. The molecule has 0 spiro atoms. The van der Waals surface area contributed by atoms with Crippen LogP contribution in [0, 0.1) is 43.7 Å². The first-order valence-electron chi connectivity index (χ1n) is 10.8. The zero-order valence-corrected chi connectivity index (χ0v) is 19.5. The van der Waals surface area contributed by atoms with Crippen LogP contribution in [0.1, 0.15) is 48.4 Å². The molecule has 1 unspecified atom stereocenters. The highest BCUT2D eigenvalue weighted by Crippen LogP contribution is 2.14. The van der Waals surface area contributed by atoms with E-state index in [0.717, 1.165) is 24.8 Å². The fourth-order valence-corrected chi connectivity index (χ4v) is 7.68. The monoisotopic (exact) mass is 406 g/mol. The second-order valence-corrected chi connectivity index (χ2v) is 11.0. The van der Waals surface area contributed by atoms with Crippen molar-refractivity contribution in [2.75, 3.05) is 0 Å². The van der Waals surface area contributed by atoms with Crippen molar-refractivity contribution in [1.29, 1.82) is 0 Å². The van der Waals surface area contributed by atoms with Gasteiger partial charge in [-0.1, -0.05) is 91.0 Å². The van der Waals surface area contributed by atoms with Crippen LogP contribution in [-0.4, -0.2) is 8.07 Å². The molecule has 0 aliphatic heterocycles. The van der Waals surface area contributed by atoms with Crippen LogP contribution in [-0.2, 0) is 0 Å². The molecular weight excluding hydrogens is 376 g/mol. The third-order valence-corrected chi connectivity index (χ3v) is 9.15. The van der Waals surface area contributed by atoms with Crippen molar-refractivity contribution in [3.63, 3.8) is 0 Å². The number of aryl methyl sites for hydroxylation is 3. The van der Waals surface area contributed by atoms with E-state index in [1.165, 1.54) is 27.1 Å². The SMILES string of the molecule is CCCCC#C[Si](C#Cc1ccccc1)(c1ccccc1)c1c(C)cc(C)cc1C. The molecule has 0 fully saturated rings. The molecule has 0 aromatic heterocycles.